The molecule has 0 saturated carbocycles. The van der Waals surface area contributed by atoms with Crippen LogP contribution in [0.3, 0.4) is 0 Å². The van der Waals surface area contributed by atoms with Crippen LogP contribution in [0.15, 0.2) is 59.2 Å². The first-order valence-electron chi connectivity index (χ1n) is 6.49. The van der Waals surface area contributed by atoms with Gasteiger partial charge in [-0.15, -0.1) is 0 Å². The van der Waals surface area contributed by atoms with Crippen molar-refractivity contribution in [1.82, 2.24) is 0 Å². The van der Waals surface area contributed by atoms with Crippen LogP contribution in [0.2, 0.25) is 0 Å². The third-order valence-corrected chi connectivity index (χ3v) is 4.46. The molecule has 0 N–H and O–H groups in total. The highest BCUT2D eigenvalue weighted by Gasteiger charge is 2.17. The molecule has 3 rings (SSSR count). The predicted molar refractivity (Wildman–Crippen MR) is 82.8 cm³/mol. The molecular formula is C17H15BrO. The van der Waals surface area contributed by atoms with E-state index >= 15 is 0 Å². The van der Waals surface area contributed by atoms with Crippen LogP contribution in [-0.4, -0.2) is 0 Å². The van der Waals surface area contributed by atoms with Gasteiger partial charge in [0, 0.05) is 12.0 Å². The van der Waals surface area contributed by atoms with Gasteiger partial charge in [-0.2, -0.15) is 0 Å². The smallest absolute Gasteiger partial charge is 0.108 e. The Morgan fingerprint density at radius 1 is 1.00 bits per heavy atom. The van der Waals surface area contributed by atoms with E-state index in [-0.39, 0.29) is 4.83 Å². The number of rotatable bonds is 3. The van der Waals surface area contributed by atoms with Crippen molar-refractivity contribution in [2.75, 3.05) is 0 Å². The molecule has 0 fully saturated rings. The average Bonchev–Trinajstić information content (AvgIpc) is 2.94. The van der Waals surface area contributed by atoms with Crippen LogP contribution < -0.4 is 0 Å². The number of furan rings is 1. The monoisotopic (exact) mass is 314 g/mol. The van der Waals surface area contributed by atoms with Gasteiger partial charge in [-0.05, 0) is 22.4 Å². The fourth-order valence-corrected chi connectivity index (χ4v) is 3.31. The van der Waals surface area contributed by atoms with Crippen molar-refractivity contribution in [3.8, 4) is 0 Å². The van der Waals surface area contributed by atoms with Crippen molar-refractivity contribution in [2.45, 2.75) is 18.2 Å². The Labute approximate surface area is 121 Å². The molecule has 0 aliphatic carbocycles. The summed E-state index contributed by atoms with van der Waals surface area (Å²) < 4.78 is 5.54. The van der Waals surface area contributed by atoms with Crippen molar-refractivity contribution in [3.63, 3.8) is 0 Å². The summed E-state index contributed by atoms with van der Waals surface area (Å²) in [6.45, 7) is 2.12. The maximum Gasteiger partial charge on any atom is 0.108 e. The summed E-state index contributed by atoms with van der Waals surface area (Å²) in [5.74, 6) is 1.05. The van der Waals surface area contributed by atoms with Crippen molar-refractivity contribution in [3.05, 3.63) is 71.7 Å². The van der Waals surface area contributed by atoms with E-state index in [9.17, 15) is 0 Å². The van der Waals surface area contributed by atoms with E-state index < -0.39 is 0 Å². The van der Waals surface area contributed by atoms with Gasteiger partial charge in [0.05, 0.1) is 11.1 Å². The molecule has 0 amide bonds. The summed E-state index contributed by atoms with van der Waals surface area (Å²) in [4.78, 5) is 0.173. The number of fused-ring (bicyclic) bond motifs is 1. The zero-order valence-electron chi connectivity index (χ0n) is 10.8. The van der Waals surface area contributed by atoms with Gasteiger partial charge in [0.15, 0.2) is 0 Å². The largest absolute Gasteiger partial charge is 0.469 e. The quantitative estimate of drug-likeness (QED) is 0.583. The lowest BCUT2D eigenvalue weighted by atomic mass is 9.98. The van der Waals surface area contributed by atoms with E-state index in [1.165, 1.54) is 21.9 Å². The van der Waals surface area contributed by atoms with Gasteiger partial charge in [-0.3, -0.25) is 0 Å². The maximum absolute atomic E-state index is 5.54. The van der Waals surface area contributed by atoms with Gasteiger partial charge in [0.25, 0.3) is 0 Å². The molecule has 2 heteroatoms. The minimum atomic E-state index is 0.173. The lowest BCUT2D eigenvalue weighted by Crippen LogP contribution is -1.95. The molecule has 1 aromatic heterocycles. The minimum absolute atomic E-state index is 0.173. The molecule has 1 heterocycles. The molecule has 0 saturated heterocycles. The van der Waals surface area contributed by atoms with Crippen molar-refractivity contribution in [2.24, 2.45) is 0 Å². The second kappa shape index (κ2) is 5.22. The fourth-order valence-electron chi connectivity index (χ4n) is 2.50. The summed E-state index contributed by atoms with van der Waals surface area (Å²) in [5.41, 5.74) is 2.51. The van der Waals surface area contributed by atoms with E-state index in [1.807, 2.05) is 0 Å². The minimum Gasteiger partial charge on any atom is -0.469 e. The van der Waals surface area contributed by atoms with Crippen molar-refractivity contribution >= 4 is 26.7 Å². The normalized spacial score (nSPS) is 12.7. The first-order valence-corrected chi connectivity index (χ1v) is 7.41. The molecular weight excluding hydrogens is 300 g/mol. The van der Waals surface area contributed by atoms with Crippen LogP contribution in [-0.2, 0) is 6.42 Å². The van der Waals surface area contributed by atoms with Crippen LogP contribution in [0.4, 0.5) is 0 Å². The summed E-state index contributed by atoms with van der Waals surface area (Å²) in [6.07, 6.45) is 2.68. The lowest BCUT2D eigenvalue weighted by molar-refractivity contribution is 0.512. The second-order valence-electron chi connectivity index (χ2n) is 4.58. The van der Waals surface area contributed by atoms with Crippen LogP contribution in [0, 0.1) is 0 Å². The summed E-state index contributed by atoms with van der Waals surface area (Å²) in [7, 11) is 0. The van der Waals surface area contributed by atoms with E-state index in [1.54, 1.807) is 6.26 Å². The second-order valence-corrected chi connectivity index (χ2v) is 5.50. The molecule has 3 aromatic rings. The Morgan fingerprint density at radius 3 is 2.63 bits per heavy atom. The zero-order valence-corrected chi connectivity index (χ0v) is 12.4. The Balaban J connectivity index is 2.14. The van der Waals surface area contributed by atoms with Crippen LogP contribution in [0.25, 0.3) is 10.8 Å². The van der Waals surface area contributed by atoms with Crippen LogP contribution >= 0.6 is 15.9 Å². The van der Waals surface area contributed by atoms with Gasteiger partial charge in [0.1, 0.15) is 5.76 Å². The Kier molecular flexibility index (Phi) is 3.43. The zero-order chi connectivity index (χ0) is 13.2. The maximum atomic E-state index is 5.54. The van der Waals surface area contributed by atoms with E-state index in [0.29, 0.717) is 0 Å². The third-order valence-electron chi connectivity index (χ3n) is 3.47. The van der Waals surface area contributed by atoms with Crippen LogP contribution in [0.1, 0.15) is 28.6 Å². The summed E-state index contributed by atoms with van der Waals surface area (Å²) >= 11 is 3.83. The Hall–Kier alpha value is -1.54. The molecule has 0 spiro atoms. The number of hydrogen-bond donors (Lipinski definition) is 0. The van der Waals surface area contributed by atoms with Crippen LogP contribution in [0.5, 0.6) is 0 Å². The highest BCUT2D eigenvalue weighted by atomic mass is 79.9. The fraction of sp³-hybridized carbons (Fsp3) is 0.176. The average molecular weight is 315 g/mol. The first-order chi connectivity index (χ1) is 9.31. The van der Waals surface area contributed by atoms with E-state index in [4.69, 9.17) is 4.42 Å². The molecule has 0 aliphatic rings. The number of halogens is 1. The third kappa shape index (κ3) is 2.21. The molecule has 2 aromatic carbocycles. The molecule has 1 atom stereocenters. The van der Waals surface area contributed by atoms with E-state index in [0.717, 1.165) is 12.2 Å². The van der Waals surface area contributed by atoms with Crippen molar-refractivity contribution in [1.29, 1.82) is 0 Å². The standard InChI is InChI=1S/C17H15BrO/c1-2-16-15(10-11-19-16)17(18)14-9-5-7-12-6-3-4-8-13(12)14/h3-11,17H,2H2,1H3. The molecule has 96 valence electrons. The number of hydrogen-bond acceptors (Lipinski definition) is 1. The Bertz CT molecular complexity index is 694. The summed E-state index contributed by atoms with van der Waals surface area (Å²) in [5, 5.41) is 2.56. The summed E-state index contributed by atoms with van der Waals surface area (Å²) in [6, 6.07) is 17.0. The molecule has 0 radical (unpaired) electrons. The topological polar surface area (TPSA) is 13.1 Å². The van der Waals surface area contributed by atoms with Gasteiger partial charge in [0.2, 0.25) is 0 Å². The molecule has 0 aliphatic heterocycles. The van der Waals surface area contributed by atoms with Crippen molar-refractivity contribution < 1.29 is 4.42 Å². The highest BCUT2D eigenvalue weighted by Crippen LogP contribution is 2.37. The SMILES string of the molecule is CCc1occc1C(Br)c1cccc2ccccc12. The molecule has 0 bridgehead atoms. The Morgan fingerprint density at radius 2 is 1.79 bits per heavy atom. The molecule has 1 nitrogen and oxygen atoms in total. The first kappa shape index (κ1) is 12.5. The van der Waals surface area contributed by atoms with Gasteiger partial charge in [-0.1, -0.05) is 65.3 Å². The molecule has 1 unspecified atom stereocenters. The predicted octanol–water partition coefficient (Wildman–Crippen LogP) is 5.48. The number of aryl methyl sites for hydroxylation is 1. The molecule has 19 heavy (non-hydrogen) atoms. The van der Waals surface area contributed by atoms with Gasteiger partial charge < -0.3 is 4.42 Å². The highest BCUT2D eigenvalue weighted by molar-refractivity contribution is 9.09. The van der Waals surface area contributed by atoms with Gasteiger partial charge in [-0.25, -0.2) is 0 Å². The number of alkyl halides is 1. The van der Waals surface area contributed by atoms with Gasteiger partial charge >= 0.3 is 0 Å². The lowest BCUT2D eigenvalue weighted by Gasteiger charge is -2.13. The van der Waals surface area contributed by atoms with E-state index in [2.05, 4.69) is 71.4 Å². The number of benzene rings is 2.